The van der Waals surface area contributed by atoms with Gasteiger partial charge >= 0.3 is 7.12 Å². The molecule has 0 spiro atoms. The lowest BCUT2D eigenvalue weighted by molar-refractivity contribution is 0.425. The highest BCUT2D eigenvalue weighted by Gasteiger charge is 2.42. The average molecular weight is 1010 g/mol. The highest BCUT2D eigenvalue weighted by atomic mass is 79.9. The summed E-state index contributed by atoms with van der Waals surface area (Å²) < 4.78 is 2.67. The van der Waals surface area contributed by atoms with Gasteiger partial charge in [-0.05, 0) is 90.7 Å². The Morgan fingerprint density at radius 2 is 0.754 bits per heavy atom. The summed E-state index contributed by atoms with van der Waals surface area (Å²) in [7, 11) is -3.96. The molecular weight excluding hydrogens is 965 g/mol. The minimum atomic E-state index is -2.57. The molecule has 5 nitrogen and oxygen atoms in total. The first kappa shape index (κ1) is 45.0. The molecule has 300 valence electrons. The molecule has 61 heavy (non-hydrogen) atoms. The van der Waals surface area contributed by atoms with Crippen molar-refractivity contribution in [1.82, 2.24) is 15.0 Å². The van der Waals surface area contributed by atoms with Gasteiger partial charge in [0.1, 0.15) is 4.60 Å². The van der Waals surface area contributed by atoms with E-state index in [1.807, 2.05) is 79.0 Å². The van der Waals surface area contributed by atoms with E-state index in [0.717, 1.165) is 26.0 Å². The Morgan fingerprint density at radius 3 is 1.15 bits per heavy atom. The number of nitrogens with zero attached hydrogens (tertiary/aromatic N) is 3. The standard InChI is InChI=1S/C29H23NSi.C11H8BrN.C6H6BBrO2.C5H4BrN/c1-4-14-24(15-5-1)31(25-16-6-2-7-17-25,26-18-8-3-9-19-26)29-22-11-10-20-27(29)28-21-12-13-23-30-28;12-10-6-2-1-5-9(10)11-7-3-4-8-13-11;8-6-4-2-1-3-5(6)7(9)10;6-5-3-1-2-4-7-5/h1-23H;1-8H;1-4,9-10H;1-4H. The molecule has 10 heteroatoms. The summed E-state index contributed by atoms with van der Waals surface area (Å²) in [6.07, 6.45) is 5.42. The topological polar surface area (TPSA) is 79.1 Å². The van der Waals surface area contributed by atoms with Crippen LogP contribution in [0.4, 0.5) is 0 Å². The molecule has 0 aliphatic rings. The smallest absolute Gasteiger partial charge is 0.423 e. The third kappa shape index (κ3) is 12.0. The molecule has 9 rings (SSSR count). The maximum Gasteiger partial charge on any atom is 0.489 e. The fraction of sp³-hybridized carbons (Fsp3) is 0. The Balaban J connectivity index is 0.000000168. The number of hydrogen-bond acceptors (Lipinski definition) is 5. The van der Waals surface area contributed by atoms with E-state index >= 15 is 0 Å². The Hall–Kier alpha value is -5.59. The summed E-state index contributed by atoms with van der Waals surface area (Å²) in [5.41, 5.74) is 4.82. The first-order valence-electron chi connectivity index (χ1n) is 19.4. The van der Waals surface area contributed by atoms with Gasteiger partial charge in [0.15, 0.2) is 8.07 Å². The van der Waals surface area contributed by atoms with Gasteiger partial charge in [-0.1, -0.05) is 202 Å². The monoisotopic (exact) mass is 1000 g/mol. The number of rotatable bonds is 7. The van der Waals surface area contributed by atoms with E-state index in [4.69, 9.17) is 15.0 Å². The predicted octanol–water partition coefficient (Wildman–Crippen LogP) is 9.61. The van der Waals surface area contributed by atoms with Gasteiger partial charge in [-0.2, -0.15) is 0 Å². The number of halogens is 3. The van der Waals surface area contributed by atoms with Crippen LogP contribution in [0.3, 0.4) is 0 Å². The molecular formula is C51H41BBr3N3O2Si. The van der Waals surface area contributed by atoms with E-state index in [2.05, 4.69) is 185 Å². The quantitative estimate of drug-likeness (QED) is 0.0946. The Kier molecular flexibility index (Phi) is 17.3. The van der Waals surface area contributed by atoms with Crippen molar-refractivity contribution in [2.75, 3.05) is 0 Å². The summed E-state index contributed by atoms with van der Waals surface area (Å²) in [5, 5.41) is 22.9. The van der Waals surface area contributed by atoms with Gasteiger partial charge in [-0.15, -0.1) is 0 Å². The van der Waals surface area contributed by atoms with E-state index < -0.39 is 15.2 Å². The van der Waals surface area contributed by atoms with Crippen LogP contribution in [-0.4, -0.2) is 40.2 Å². The molecule has 0 radical (unpaired) electrons. The van der Waals surface area contributed by atoms with Crippen LogP contribution in [0.2, 0.25) is 0 Å². The molecule has 3 aromatic heterocycles. The van der Waals surface area contributed by atoms with Gasteiger partial charge in [0, 0.05) is 38.7 Å². The van der Waals surface area contributed by atoms with Crippen LogP contribution in [0.15, 0.2) is 251 Å². The molecule has 0 amide bonds. The summed E-state index contributed by atoms with van der Waals surface area (Å²) in [6, 6.07) is 74.6. The zero-order valence-corrected chi connectivity index (χ0v) is 38.7. The molecule has 0 aliphatic heterocycles. The van der Waals surface area contributed by atoms with Gasteiger partial charge in [-0.25, -0.2) is 4.98 Å². The van der Waals surface area contributed by atoms with Gasteiger partial charge in [0.25, 0.3) is 0 Å². The van der Waals surface area contributed by atoms with E-state index in [1.165, 1.54) is 26.3 Å². The molecule has 0 saturated carbocycles. The van der Waals surface area contributed by atoms with Crippen molar-refractivity contribution in [3.05, 3.63) is 251 Å². The van der Waals surface area contributed by atoms with E-state index in [9.17, 15) is 0 Å². The van der Waals surface area contributed by atoms with Gasteiger partial charge in [0.2, 0.25) is 0 Å². The largest absolute Gasteiger partial charge is 0.489 e. The second-order valence-electron chi connectivity index (χ2n) is 13.4. The lowest BCUT2D eigenvalue weighted by Crippen LogP contribution is -2.75. The minimum Gasteiger partial charge on any atom is -0.423 e. The van der Waals surface area contributed by atoms with Crippen LogP contribution in [-0.2, 0) is 0 Å². The lowest BCUT2D eigenvalue weighted by Gasteiger charge is -2.35. The van der Waals surface area contributed by atoms with E-state index in [0.29, 0.717) is 9.94 Å². The Bertz CT molecular complexity index is 2560. The average Bonchev–Trinajstić information content (AvgIpc) is 3.32. The van der Waals surface area contributed by atoms with Crippen molar-refractivity contribution in [3.63, 3.8) is 0 Å². The van der Waals surface area contributed by atoms with Gasteiger partial charge in [0.05, 0.1) is 11.4 Å². The van der Waals surface area contributed by atoms with Crippen LogP contribution in [0.1, 0.15) is 0 Å². The zero-order chi connectivity index (χ0) is 42.7. The first-order chi connectivity index (χ1) is 29.9. The second-order valence-corrected chi connectivity index (χ2v) is 19.6. The maximum atomic E-state index is 8.73. The molecule has 3 heterocycles. The van der Waals surface area contributed by atoms with Gasteiger partial charge in [-0.3, -0.25) is 9.97 Å². The minimum absolute atomic E-state index is 0.488. The zero-order valence-electron chi connectivity index (χ0n) is 33.0. The molecule has 6 aromatic carbocycles. The normalized spacial score (nSPS) is 10.4. The Morgan fingerprint density at radius 1 is 0.361 bits per heavy atom. The molecule has 0 bridgehead atoms. The molecule has 0 aliphatic carbocycles. The van der Waals surface area contributed by atoms with Crippen molar-refractivity contribution < 1.29 is 10.0 Å². The predicted molar refractivity (Wildman–Crippen MR) is 267 cm³/mol. The number of hydrogen-bond donors (Lipinski definition) is 2. The van der Waals surface area contributed by atoms with Crippen LogP contribution in [0, 0.1) is 0 Å². The van der Waals surface area contributed by atoms with E-state index in [1.54, 1.807) is 30.6 Å². The van der Waals surface area contributed by atoms with Crippen molar-refractivity contribution in [1.29, 1.82) is 0 Å². The van der Waals surface area contributed by atoms with Crippen LogP contribution >= 0.6 is 47.8 Å². The van der Waals surface area contributed by atoms with Crippen molar-refractivity contribution in [2.45, 2.75) is 0 Å². The van der Waals surface area contributed by atoms with Crippen molar-refractivity contribution in [2.24, 2.45) is 0 Å². The number of aromatic nitrogens is 3. The van der Waals surface area contributed by atoms with Crippen molar-refractivity contribution >= 4 is 89.2 Å². The molecule has 0 fully saturated rings. The highest BCUT2D eigenvalue weighted by molar-refractivity contribution is 9.11. The van der Waals surface area contributed by atoms with Crippen molar-refractivity contribution in [3.8, 4) is 22.5 Å². The molecule has 9 aromatic rings. The summed E-state index contributed by atoms with van der Waals surface area (Å²) in [5.74, 6) is 0. The SMILES string of the molecule is Brc1ccccc1-c1ccccn1.Brc1ccccn1.OB(O)c1ccccc1Br.c1ccc([Si](c2ccccc2)(c2ccccc2)c2ccccc2-c2ccccn2)cc1. The summed E-state index contributed by atoms with van der Waals surface area (Å²) in [4.78, 5) is 12.9. The van der Waals surface area contributed by atoms with Crippen LogP contribution in [0.25, 0.3) is 22.5 Å². The highest BCUT2D eigenvalue weighted by Crippen LogP contribution is 2.25. The molecule has 0 atom stereocenters. The number of pyridine rings is 3. The third-order valence-corrected chi connectivity index (χ3v) is 16.2. The summed E-state index contributed by atoms with van der Waals surface area (Å²) in [6.45, 7) is 0. The lowest BCUT2D eigenvalue weighted by atomic mass is 9.80. The second kappa shape index (κ2) is 23.4. The fourth-order valence-corrected chi connectivity index (χ4v) is 13.0. The van der Waals surface area contributed by atoms with Crippen LogP contribution < -0.4 is 26.2 Å². The van der Waals surface area contributed by atoms with Crippen LogP contribution in [0.5, 0.6) is 0 Å². The molecule has 2 N–H and O–H groups in total. The number of benzene rings is 6. The third-order valence-electron chi connectivity index (χ3n) is 9.52. The fourth-order valence-electron chi connectivity index (χ4n) is 6.80. The first-order valence-corrected chi connectivity index (χ1v) is 23.8. The Labute approximate surface area is 384 Å². The van der Waals surface area contributed by atoms with Gasteiger partial charge < -0.3 is 10.0 Å². The van der Waals surface area contributed by atoms with E-state index in [-0.39, 0.29) is 0 Å². The molecule has 0 saturated heterocycles. The summed E-state index contributed by atoms with van der Waals surface area (Å²) >= 11 is 9.87. The maximum absolute atomic E-state index is 8.73. The molecule has 0 unspecified atom stereocenters.